The van der Waals surface area contributed by atoms with Crippen LogP contribution in [0.2, 0.25) is 0 Å². The molecule has 35 heavy (non-hydrogen) atoms. The Bertz CT molecular complexity index is 995. The van der Waals surface area contributed by atoms with Gasteiger partial charge >= 0.3 is 5.97 Å². The van der Waals surface area contributed by atoms with E-state index in [1.54, 1.807) is 25.3 Å². The number of carbonyl (C=O) groups is 1. The van der Waals surface area contributed by atoms with Gasteiger partial charge in [0.05, 0.1) is 24.6 Å². The first-order valence-corrected chi connectivity index (χ1v) is 13.1. The summed E-state index contributed by atoms with van der Waals surface area (Å²) < 4.78 is 21.1. The lowest BCUT2D eigenvalue weighted by Gasteiger charge is -2.39. The van der Waals surface area contributed by atoms with Gasteiger partial charge in [-0.1, -0.05) is 32.1 Å². The number of ether oxygens (including phenoxy) is 1. The number of nitrogens with zero attached hydrogens (tertiary/aromatic N) is 2. The van der Waals surface area contributed by atoms with Crippen molar-refractivity contribution in [3.63, 3.8) is 0 Å². The van der Waals surface area contributed by atoms with Gasteiger partial charge < -0.3 is 19.8 Å². The van der Waals surface area contributed by atoms with E-state index in [1.807, 2.05) is 0 Å². The molecule has 0 unspecified atom stereocenters. The number of aliphatic hydroxyl groups is 1. The standard InChI is InChI=1S/C28H39FN2O4/c1-35-22-7-8-25-23(17-22)26(21(19-32)18-30-25)24(29)9-11-28(27(33)34)12-15-31(16-13-28)14-10-20-5-3-2-4-6-20/h7-8,17-18,20,24,32H,2-6,9-16,19H2,1H3,(H,33,34)/t24-/m1/s1. The third kappa shape index (κ3) is 5.95. The maximum Gasteiger partial charge on any atom is 0.309 e. The first-order chi connectivity index (χ1) is 17.0. The van der Waals surface area contributed by atoms with E-state index in [0.29, 0.717) is 40.6 Å². The predicted octanol–water partition coefficient (Wildman–Crippen LogP) is 5.66. The Balaban J connectivity index is 1.42. The lowest BCUT2D eigenvalue weighted by molar-refractivity contribution is -0.153. The Labute approximate surface area is 207 Å². The minimum Gasteiger partial charge on any atom is -0.497 e. The number of alkyl halides is 1. The maximum atomic E-state index is 15.8. The summed E-state index contributed by atoms with van der Waals surface area (Å²) >= 11 is 0. The number of methoxy groups -OCH3 is 1. The van der Waals surface area contributed by atoms with Gasteiger partial charge in [0.2, 0.25) is 0 Å². The second-order valence-corrected chi connectivity index (χ2v) is 10.5. The zero-order valence-corrected chi connectivity index (χ0v) is 20.8. The van der Waals surface area contributed by atoms with E-state index in [0.717, 1.165) is 25.6 Å². The van der Waals surface area contributed by atoms with Crippen molar-refractivity contribution in [1.29, 1.82) is 0 Å². The number of carboxylic acids is 1. The molecule has 0 spiro atoms. The van der Waals surface area contributed by atoms with E-state index in [9.17, 15) is 15.0 Å². The van der Waals surface area contributed by atoms with Crippen LogP contribution in [0.25, 0.3) is 10.9 Å². The third-order valence-corrected chi connectivity index (χ3v) is 8.40. The molecule has 2 aliphatic rings. The topological polar surface area (TPSA) is 82.9 Å². The van der Waals surface area contributed by atoms with E-state index in [1.165, 1.54) is 44.7 Å². The third-order valence-electron chi connectivity index (χ3n) is 8.40. The Morgan fingerprint density at radius 3 is 2.66 bits per heavy atom. The number of likely N-dealkylation sites (tertiary alicyclic amines) is 1. The zero-order chi connectivity index (χ0) is 24.8. The molecule has 1 aromatic carbocycles. The summed E-state index contributed by atoms with van der Waals surface area (Å²) in [5, 5.41) is 20.6. The number of carboxylic acid groups (broad SMARTS) is 1. The smallest absolute Gasteiger partial charge is 0.309 e. The average molecular weight is 487 g/mol. The summed E-state index contributed by atoms with van der Waals surface area (Å²) in [5.74, 6) is 0.586. The number of hydrogen-bond donors (Lipinski definition) is 2. The highest BCUT2D eigenvalue weighted by Crippen LogP contribution is 2.42. The van der Waals surface area contributed by atoms with Crippen LogP contribution in [-0.4, -0.2) is 52.8 Å². The van der Waals surface area contributed by atoms with Gasteiger partial charge in [0, 0.05) is 22.7 Å². The lowest BCUT2D eigenvalue weighted by atomic mass is 9.74. The highest BCUT2D eigenvalue weighted by atomic mass is 19.1. The monoisotopic (exact) mass is 486 g/mol. The number of rotatable bonds is 10. The van der Waals surface area contributed by atoms with E-state index in [4.69, 9.17) is 4.74 Å². The largest absolute Gasteiger partial charge is 0.497 e. The molecule has 1 aliphatic carbocycles. The van der Waals surface area contributed by atoms with Crippen molar-refractivity contribution < 1.29 is 24.1 Å². The molecule has 1 aromatic heterocycles. The van der Waals surface area contributed by atoms with Crippen LogP contribution >= 0.6 is 0 Å². The molecule has 2 N–H and O–H groups in total. The molecule has 2 heterocycles. The van der Waals surface area contributed by atoms with Gasteiger partial charge in [0.15, 0.2) is 0 Å². The van der Waals surface area contributed by atoms with Crippen LogP contribution in [0, 0.1) is 11.3 Å². The molecule has 0 radical (unpaired) electrons. The van der Waals surface area contributed by atoms with Crippen molar-refractivity contribution in [2.45, 2.75) is 77.0 Å². The van der Waals surface area contributed by atoms with Crippen LogP contribution in [0.3, 0.4) is 0 Å². The van der Waals surface area contributed by atoms with E-state index < -0.39 is 17.6 Å². The summed E-state index contributed by atoms with van der Waals surface area (Å²) in [4.78, 5) is 19.1. The molecule has 0 bridgehead atoms. The number of piperidine rings is 1. The van der Waals surface area contributed by atoms with Gasteiger partial charge in [-0.15, -0.1) is 0 Å². The Morgan fingerprint density at radius 1 is 1.26 bits per heavy atom. The molecule has 2 aromatic rings. The number of benzene rings is 1. The molecular formula is C28H39FN2O4. The second kappa shape index (κ2) is 11.7. The number of fused-ring (bicyclic) bond motifs is 1. The summed E-state index contributed by atoms with van der Waals surface area (Å²) in [6, 6.07) is 5.28. The summed E-state index contributed by atoms with van der Waals surface area (Å²) in [5.41, 5.74) is 0.549. The van der Waals surface area contributed by atoms with Gasteiger partial charge in [0.1, 0.15) is 11.9 Å². The number of aliphatic carboxylic acids is 1. The fourth-order valence-corrected chi connectivity index (χ4v) is 6.02. The fourth-order valence-electron chi connectivity index (χ4n) is 6.02. The first-order valence-electron chi connectivity index (χ1n) is 13.1. The van der Waals surface area contributed by atoms with Crippen molar-refractivity contribution >= 4 is 16.9 Å². The number of hydrogen-bond acceptors (Lipinski definition) is 5. The molecular weight excluding hydrogens is 447 g/mol. The normalized spacial score (nSPS) is 20.1. The quantitative estimate of drug-likeness (QED) is 0.451. The Hall–Kier alpha value is -2.25. The number of aliphatic hydroxyl groups excluding tert-OH is 1. The first kappa shape index (κ1) is 25.8. The summed E-state index contributed by atoms with van der Waals surface area (Å²) in [7, 11) is 1.55. The molecule has 1 saturated carbocycles. The molecule has 0 amide bonds. The maximum absolute atomic E-state index is 15.8. The molecule has 7 heteroatoms. The summed E-state index contributed by atoms with van der Waals surface area (Å²) in [6.07, 6.45) is 9.50. The van der Waals surface area contributed by atoms with Crippen LogP contribution in [-0.2, 0) is 11.4 Å². The minimum atomic E-state index is -1.39. The van der Waals surface area contributed by atoms with Crippen LogP contribution in [0.4, 0.5) is 4.39 Å². The molecule has 1 aliphatic heterocycles. The number of halogens is 1. The zero-order valence-electron chi connectivity index (χ0n) is 20.8. The van der Waals surface area contributed by atoms with Crippen LogP contribution < -0.4 is 4.74 Å². The lowest BCUT2D eigenvalue weighted by Crippen LogP contribution is -2.45. The molecule has 2 fully saturated rings. The Morgan fingerprint density at radius 2 is 2.00 bits per heavy atom. The highest BCUT2D eigenvalue weighted by Gasteiger charge is 2.42. The van der Waals surface area contributed by atoms with Crippen molar-refractivity contribution in [3.8, 4) is 5.75 Å². The van der Waals surface area contributed by atoms with Crippen LogP contribution in [0.5, 0.6) is 5.75 Å². The predicted molar refractivity (Wildman–Crippen MR) is 134 cm³/mol. The molecule has 4 rings (SSSR count). The fraction of sp³-hybridized carbons (Fsp3) is 0.643. The molecule has 192 valence electrons. The van der Waals surface area contributed by atoms with Crippen molar-refractivity contribution in [1.82, 2.24) is 9.88 Å². The van der Waals surface area contributed by atoms with Crippen molar-refractivity contribution in [3.05, 3.63) is 35.5 Å². The van der Waals surface area contributed by atoms with Gasteiger partial charge in [-0.2, -0.15) is 0 Å². The molecule has 1 atom stereocenters. The SMILES string of the molecule is COc1ccc2ncc(CO)c([C@H](F)CCC3(C(=O)O)CCN(CCC4CCCCC4)CC3)c2c1. The van der Waals surface area contributed by atoms with Crippen molar-refractivity contribution in [2.24, 2.45) is 11.3 Å². The minimum absolute atomic E-state index is 0.0949. The van der Waals surface area contributed by atoms with Gasteiger partial charge in [-0.3, -0.25) is 9.78 Å². The van der Waals surface area contributed by atoms with E-state index in [-0.39, 0.29) is 19.4 Å². The van der Waals surface area contributed by atoms with Gasteiger partial charge in [0.25, 0.3) is 0 Å². The molecule has 1 saturated heterocycles. The summed E-state index contributed by atoms with van der Waals surface area (Å²) in [6.45, 7) is 2.23. The van der Waals surface area contributed by atoms with Crippen LogP contribution in [0.15, 0.2) is 24.4 Å². The number of pyridine rings is 1. The molecule has 6 nitrogen and oxygen atoms in total. The van der Waals surface area contributed by atoms with Gasteiger partial charge in [-0.25, -0.2) is 4.39 Å². The average Bonchev–Trinajstić information content (AvgIpc) is 2.90. The van der Waals surface area contributed by atoms with E-state index >= 15 is 4.39 Å². The second-order valence-electron chi connectivity index (χ2n) is 10.5. The Kier molecular flexibility index (Phi) is 8.60. The number of aromatic nitrogens is 1. The van der Waals surface area contributed by atoms with E-state index in [2.05, 4.69) is 9.88 Å². The highest BCUT2D eigenvalue weighted by molar-refractivity contribution is 5.85. The van der Waals surface area contributed by atoms with Crippen molar-refractivity contribution in [2.75, 3.05) is 26.7 Å². The van der Waals surface area contributed by atoms with Crippen LogP contribution in [0.1, 0.15) is 81.5 Å². The van der Waals surface area contributed by atoms with Gasteiger partial charge in [-0.05, 0) is 75.9 Å².